The molecule has 1 heterocycles. The van der Waals surface area contributed by atoms with Crippen LogP contribution in [0.4, 0.5) is 5.69 Å². The van der Waals surface area contributed by atoms with Crippen LogP contribution in [0.15, 0.2) is 75.1 Å². The van der Waals surface area contributed by atoms with Crippen LogP contribution in [0.5, 0.6) is 17.2 Å². The first-order chi connectivity index (χ1) is 16.8. The van der Waals surface area contributed by atoms with Gasteiger partial charge < -0.3 is 14.2 Å². The van der Waals surface area contributed by atoms with Crippen LogP contribution in [0.25, 0.3) is 0 Å². The van der Waals surface area contributed by atoms with Crippen molar-refractivity contribution < 1.29 is 27.4 Å². The number of hydrogen-bond donors (Lipinski definition) is 1. The molecule has 0 spiro atoms. The Balaban J connectivity index is 1.57. The molecule has 182 valence electrons. The van der Waals surface area contributed by atoms with E-state index in [9.17, 15) is 13.2 Å². The lowest BCUT2D eigenvalue weighted by Crippen LogP contribution is -2.39. The number of methoxy groups -OCH3 is 1. The number of fused-ring (bicyclic) bond motifs is 1. The van der Waals surface area contributed by atoms with Crippen molar-refractivity contribution in [1.82, 2.24) is 5.43 Å². The van der Waals surface area contributed by atoms with Crippen molar-refractivity contribution in [2.75, 3.05) is 24.8 Å². The van der Waals surface area contributed by atoms with Crippen molar-refractivity contribution in [3.8, 4) is 17.2 Å². The molecule has 1 amide bonds. The van der Waals surface area contributed by atoms with Crippen LogP contribution in [0.1, 0.15) is 5.56 Å². The van der Waals surface area contributed by atoms with E-state index in [4.69, 9.17) is 25.8 Å². The summed E-state index contributed by atoms with van der Waals surface area (Å²) in [6.07, 6.45) is 1.41. The minimum absolute atomic E-state index is 0.0209. The van der Waals surface area contributed by atoms with Crippen molar-refractivity contribution in [2.24, 2.45) is 5.10 Å². The van der Waals surface area contributed by atoms with Gasteiger partial charge in [-0.1, -0.05) is 29.8 Å². The van der Waals surface area contributed by atoms with Crippen LogP contribution in [-0.4, -0.2) is 41.0 Å². The van der Waals surface area contributed by atoms with Crippen LogP contribution in [0.2, 0.25) is 5.02 Å². The lowest BCUT2D eigenvalue weighted by molar-refractivity contribution is -0.119. The lowest BCUT2D eigenvalue weighted by atomic mass is 10.2. The summed E-state index contributed by atoms with van der Waals surface area (Å²) in [4.78, 5) is 12.8. The molecule has 1 aliphatic rings. The molecule has 0 unspecified atom stereocenters. The van der Waals surface area contributed by atoms with Gasteiger partial charge in [-0.3, -0.25) is 9.10 Å². The number of carbonyl (C=O) groups excluding carboxylic acids is 1. The van der Waals surface area contributed by atoms with E-state index < -0.39 is 22.5 Å². The Morgan fingerprint density at radius 2 is 1.89 bits per heavy atom. The van der Waals surface area contributed by atoms with E-state index >= 15 is 0 Å². The summed E-state index contributed by atoms with van der Waals surface area (Å²) in [6.45, 7) is -0.417. The Bertz CT molecular complexity index is 1390. The minimum atomic E-state index is -4.09. The van der Waals surface area contributed by atoms with Gasteiger partial charge >= 0.3 is 0 Å². The van der Waals surface area contributed by atoms with Gasteiger partial charge in [-0.15, -0.1) is 0 Å². The summed E-state index contributed by atoms with van der Waals surface area (Å²) in [5, 5.41) is 4.15. The van der Waals surface area contributed by atoms with Crippen LogP contribution in [0.3, 0.4) is 0 Å². The lowest BCUT2D eigenvalue weighted by Gasteiger charge is -2.24. The second kappa shape index (κ2) is 10.5. The van der Waals surface area contributed by atoms with E-state index in [2.05, 4.69) is 26.5 Å². The predicted octanol–water partition coefficient (Wildman–Crippen LogP) is 4.19. The van der Waals surface area contributed by atoms with Crippen LogP contribution in [-0.2, 0) is 14.8 Å². The molecule has 0 atom stereocenters. The first-order valence-electron chi connectivity index (χ1n) is 10.1. The summed E-state index contributed by atoms with van der Waals surface area (Å²) in [5.74, 6) is 0.857. The van der Waals surface area contributed by atoms with E-state index in [1.807, 2.05) is 0 Å². The van der Waals surface area contributed by atoms with Gasteiger partial charge in [0.25, 0.3) is 15.9 Å². The molecule has 9 nitrogen and oxygen atoms in total. The molecular weight excluding hydrogens is 562 g/mol. The van der Waals surface area contributed by atoms with Gasteiger partial charge in [-0.2, -0.15) is 5.10 Å². The zero-order valence-electron chi connectivity index (χ0n) is 18.3. The average Bonchev–Trinajstić information content (AvgIpc) is 3.30. The summed E-state index contributed by atoms with van der Waals surface area (Å²) >= 11 is 9.63. The molecule has 1 aliphatic heterocycles. The molecule has 3 aromatic rings. The van der Waals surface area contributed by atoms with Crippen LogP contribution in [0, 0.1) is 0 Å². The second-order valence-corrected chi connectivity index (χ2v) is 10.3. The van der Waals surface area contributed by atoms with Gasteiger partial charge in [0, 0.05) is 10.0 Å². The summed E-state index contributed by atoms with van der Waals surface area (Å²) in [7, 11) is -2.65. The standard InChI is InChI=1S/C23H19BrClN3O6S/c1-32-20-8-7-16(10-19(20)25)28(35(30,31)17-5-3-2-4-6-17)13-23(29)27-26-12-15-9-21-22(11-18(15)24)34-14-33-21/h2-12H,13-14H2,1H3,(H,27,29)/b26-12-. The Hall–Kier alpha value is -3.28. The predicted molar refractivity (Wildman–Crippen MR) is 135 cm³/mol. The molecule has 0 saturated heterocycles. The highest BCUT2D eigenvalue weighted by Crippen LogP contribution is 2.36. The highest BCUT2D eigenvalue weighted by molar-refractivity contribution is 9.10. The fraction of sp³-hybridized carbons (Fsp3) is 0.130. The second-order valence-electron chi connectivity index (χ2n) is 7.16. The number of nitrogens with zero attached hydrogens (tertiary/aromatic N) is 2. The van der Waals surface area contributed by atoms with Crippen LogP contribution < -0.4 is 23.9 Å². The highest BCUT2D eigenvalue weighted by atomic mass is 79.9. The molecule has 0 fully saturated rings. The zero-order chi connectivity index (χ0) is 25.0. The zero-order valence-corrected chi connectivity index (χ0v) is 21.4. The van der Waals surface area contributed by atoms with E-state index in [0.29, 0.717) is 27.3 Å². The molecule has 0 bridgehead atoms. The topological polar surface area (TPSA) is 107 Å². The number of halogens is 2. The SMILES string of the molecule is COc1ccc(N(CC(=O)N/N=C\c2cc3c(cc2Br)OCO3)S(=O)(=O)c2ccccc2)cc1Cl. The summed E-state index contributed by atoms with van der Waals surface area (Å²) in [6, 6.07) is 15.7. The molecule has 0 radical (unpaired) electrons. The van der Waals surface area contributed by atoms with Gasteiger partial charge in [0.2, 0.25) is 6.79 Å². The Morgan fingerprint density at radius 3 is 2.57 bits per heavy atom. The number of rotatable bonds is 8. The summed E-state index contributed by atoms with van der Waals surface area (Å²) < 4.78 is 44.2. The van der Waals surface area contributed by atoms with Crippen molar-refractivity contribution in [2.45, 2.75) is 4.90 Å². The fourth-order valence-electron chi connectivity index (χ4n) is 3.22. The number of nitrogens with one attached hydrogen (secondary N) is 1. The van der Waals surface area contributed by atoms with E-state index in [-0.39, 0.29) is 22.4 Å². The quantitative estimate of drug-likeness (QED) is 0.316. The number of hydrazone groups is 1. The van der Waals surface area contributed by atoms with Crippen molar-refractivity contribution in [3.63, 3.8) is 0 Å². The fourth-order valence-corrected chi connectivity index (χ4v) is 5.33. The van der Waals surface area contributed by atoms with Crippen molar-refractivity contribution in [1.29, 1.82) is 0 Å². The maximum absolute atomic E-state index is 13.4. The Morgan fingerprint density at radius 1 is 1.17 bits per heavy atom. The maximum atomic E-state index is 13.4. The van der Waals surface area contributed by atoms with Gasteiger partial charge in [-0.05, 0) is 58.4 Å². The molecule has 1 N–H and O–H groups in total. The Kier molecular flexibility index (Phi) is 7.48. The monoisotopic (exact) mass is 579 g/mol. The van der Waals surface area contributed by atoms with Gasteiger partial charge in [-0.25, -0.2) is 13.8 Å². The van der Waals surface area contributed by atoms with Gasteiger partial charge in [0.1, 0.15) is 12.3 Å². The normalized spacial score (nSPS) is 12.5. The maximum Gasteiger partial charge on any atom is 0.264 e. The smallest absolute Gasteiger partial charge is 0.264 e. The number of anilines is 1. The molecule has 35 heavy (non-hydrogen) atoms. The number of amides is 1. The highest BCUT2D eigenvalue weighted by Gasteiger charge is 2.27. The molecule has 0 aliphatic carbocycles. The number of sulfonamides is 1. The number of benzene rings is 3. The first-order valence-corrected chi connectivity index (χ1v) is 12.7. The van der Waals surface area contributed by atoms with Gasteiger partial charge in [0.15, 0.2) is 11.5 Å². The molecule has 0 aromatic heterocycles. The van der Waals surface area contributed by atoms with Crippen molar-refractivity contribution >= 4 is 55.4 Å². The van der Waals surface area contributed by atoms with Crippen LogP contribution >= 0.6 is 27.5 Å². The van der Waals surface area contributed by atoms with E-state index in [0.717, 1.165) is 4.31 Å². The number of hydrogen-bond acceptors (Lipinski definition) is 7. The molecule has 4 rings (SSSR count). The largest absolute Gasteiger partial charge is 0.495 e. The summed E-state index contributed by atoms with van der Waals surface area (Å²) in [5.41, 5.74) is 3.18. The Labute approximate surface area is 215 Å². The third-order valence-electron chi connectivity index (χ3n) is 4.93. The third kappa shape index (κ3) is 5.53. The third-order valence-corrected chi connectivity index (χ3v) is 7.70. The molecule has 12 heteroatoms. The average molecular weight is 581 g/mol. The molecule has 3 aromatic carbocycles. The van der Waals surface area contributed by atoms with Crippen molar-refractivity contribution in [3.05, 3.63) is 75.7 Å². The number of carbonyl (C=O) groups is 1. The first kappa shape index (κ1) is 24.8. The number of ether oxygens (including phenoxy) is 3. The minimum Gasteiger partial charge on any atom is -0.495 e. The van der Waals surface area contributed by atoms with E-state index in [1.54, 1.807) is 30.3 Å². The molecule has 0 saturated carbocycles. The van der Waals surface area contributed by atoms with Gasteiger partial charge in [0.05, 0.1) is 28.9 Å². The molecular formula is C23H19BrClN3O6S. The van der Waals surface area contributed by atoms with E-state index in [1.165, 1.54) is 43.7 Å².